The molecule has 2 N–H and O–H groups in total. The number of nitriles is 1. The van der Waals surface area contributed by atoms with Crippen LogP contribution in [0.2, 0.25) is 0 Å². The van der Waals surface area contributed by atoms with E-state index in [0.29, 0.717) is 11.6 Å². The summed E-state index contributed by atoms with van der Waals surface area (Å²) in [6.45, 7) is 1.71. The zero-order valence-electron chi connectivity index (χ0n) is 10.5. The molecule has 0 atom stereocenters. The molecule has 1 fully saturated rings. The zero-order chi connectivity index (χ0) is 13.4. The van der Waals surface area contributed by atoms with Gasteiger partial charge in [-0.15, -0.1) is 0 Å². The predicted molar refractivity (Wildman–Crippen MR) is 71.1 cm³/mol. The minimum Gasteiger partial charge on any atom is -0.481 e. The molecule has 2 aliphatic rings. The average Bonchev–Trinajstić information content (AvgIpc) is 2.36. The summed E-state index contributed by atoms with van der Waals surface area (Å²) in [5.41, 5.74) is 2.70. The highest BCUT2D eigenvalue weighted by atomic mass is 16.4. The first-order valence-corrected chi connectivity index (χ1v) is 6.46. The lowest BCUT2D eigenvalue weighted by atomic mass is 9.79. The number of carbonyl (C=O) groups is 1. The van der Waals surface area contributed by atoms with Gasteiger partial charge in [0.15, 0.2) is 0 Å². The second-order valence-electron chi connectivity index (χ2n) is 5.12. The van der Waals surface area contributed by atoms with Gasteiger partial charge in [-0.3, -0.25) is 4.79 Å². The SMILES string of the molecule is N#Cc1ccc2c(c1)NCCN2C1CC(C(=O)O)C1. The highest BCUT2D eigenvalue weighted by Gasteiger charge is 2.39. The second kappa shape index (κ2) is 4.47. The maximum absolute atomic E-state index is 10.9. The van der Waals surface area contributed by atoms with Crippen LogP contribution in [-0.2, 0) is 4.79 Å². The second-order valence-corrected chi connectivity index (χ2v) is 5.12. The summed E-state index contributed by atoms with van der Waals surface area (Å²) in [6, 6.07) is 8.07. The minimum atomic E-state index is -0.688. The summed E-state index contributed by atoms with van der Waals surface area (Å²) >= 11 is 0. The van der Waals surface area contributed by atoms with Crippen molar-refractivity contribution in [1.29, 1.82) is 5.26 Å². The van der Waals surface area contributed by atoms with Crippen LogP contribution < -0.4 is 10.2 Å². The van der Waals surface area contributed by atoms with Gasteiger partial charge in [-0.25, -0.2) is 0 Å². The van der Waals surface area contributed by atoms with Gasteiger partial charge >= 0.3 is 5.97 Å². The number of carboxylic acid groups (broad SMARTS) is 1. The fraction of sp³-hybridized carbons (Fsp3) is 0.429. The standard InChI is InChI=1S/C14H15N3O2/c15-8-9-1-2-13-12(5-9)16-3-4-17(13)11-6-10(7-11)14(18)19/h1-2,5,10-11,16H,3-4,6-7H2,(H,18,19). The number of rotatable bonds is 2. The molecule has 19 heavy (non-hydrogen) atoms. The number of fused-ring (bicyclic) bond motifs is 1. The molecule has 0 unspecified atom stereocenters. The fourth-order valence-electron chi connectivity index (χ4n) is 2.85. The molecule has 1 saturated carbocycles. The van der Waals surface area contributed by atoms with Gasteiger partial charge in [0.1, 0.15) is 0 Å². The van der Waals surface area contributed by atoms with Crippen molar-refractivity contribution < 1.29 is 9.90 Å². The molecule has 0 spiro atoms. The van der Waals surface area contributed by atoms with Crippen LogP contribution in [-0.4, -0.2) is 30.2 Å². The summed E-state index contributed by atoms with van der Waals surface area (Å²) < 4.78 is 0. The van der Waals surface area contributed by atoms with Crippen molar-refractivity contribution in [3.8, 4) is 6.07 Å². The molecule has 0 amide bonds. The zero-order valence-corrected chi connectivity index (χ0v) is 10.5. The lowest BCUT2D eigenvalue weighted by molar-refractivity contribution is -0.145. The van der Waals surface area contributed by atoms with E-state index in [-0.39, 0.29) is 5.92 Å². The Morgan fingerprint density at radius 3 is 2.95 bits per heavy atom. The molecule has 1 aromatic rings. The van der Waals surface area contributed by atoms with Crippen LogP contribution in [0, 0.1) is 17.2 Å². The lowest BCUT2D eigenvalue weighted by Crippen LogP contribution is -2.50. The van der Waals surface area contributed by atoms with Crippen LogP contribution >= 0.6 is 0 Å². The van der Waals surface area contributed by atoms with Crippen LogP contribution in [0.15, 0.2) is 18.2 Å². The van der Waals surface area contributed by atoms with Gasteiger partial charge in [0.05, 0.1) is 28.9 Å². The molecule has 0 saturated heterocycles. The first-order valence-electron chi connectivity index (χ1n) is 6.46. The van der Waals surface area contributed by atoms with Gasteiger partial charge in [0.2, 0.25) is 0 Å². The maximum atomic E-state index is 10.9. The van der Waals surface area contributed by atoms with E-state index in [0.717, 1.165) is 37.3 Å². The number of aliphatic carboxylic acids is 1. The van der Waals surface area contributed by atoms with E-state index in [1.807, 2.05) is 18.2 Å². The van der Waals surface area contributed by atoms with Gasteiger partial charge in [0.25, 0.3) is 0 Å². The highest BCUT2D eigenvalue weighted by Crippen LogP contribution is 2.39. The number of hydrogen-bond donors (Lipinski definition) is 2. The van der Waals surface area contributed by atoms with E-state index in [9.17, 15) is 4.79 Å². The van der Waals surface area contributed by atoms with E-state index in [1.165, 1.54) is 0 Å². The molecule has 0 bridgehead atoms. The highest BCUT2D eigenvalue weighted by molar-refractivity contribution is 5.76. The van der Waals surface area contributed by atoms with E-state index >= 15 is 0 Å². The van der Waals surface area contributed by atoms with Crippen molar-refractivity contribution in [2.75, 3.05) is 23.3 Å². The smallest absolute Gasteiger partial charge is 0.306 e. The van der Waals surface area contributed by atoms with Crippen molar-refractivity contribution in [3.63, 3.8) is 0 Å². The van der Waals surface area contributed by atoms with Crippen LogP contribution in [0.5, 0.6) is 0 Å². The molecule has 1 aliphatic carbocycles. The van der Waals surface area contributed by atoms with Crippen molar-refractivity contribution in [2.24, 2.45) is 5.92 Å². The molecule has 0 radical (unpaired) electrons. The van der Waals surface area contributed by atoms with Crippen molar-refractivity contribution in [3.05, 3.63) is 23.8 Å². The third-order valence-corrected chi connectivity index (χ3v) is 4.01. The number of nitrogens with zero attached hydrogens (tertiary/aromatic N) is 2. The molecule has 5 nitrogen and oxygen atoms in total. The Kier molecular flexibility index (Phi) is 2.79. The van der Waals surface area contributed by atoms with E-state index < -0.39 is 5.97 Å². The monoisotopic (exact) mass is 257 g/mol. The number of benzene rings is 1. The summed E-state index contributed by atoms with van der Waals surface area (Å²) in [4.78, 5) is 13.1. The predicted octanol–water partition coefficient (Wildman–Crippen LogP) is 1.65. The Morgan fingerprint density at radius 1 is 1.47 bits per heavy atom. The van der Waals surface area contributed by atoms with Gasteiger partial charge in [-0.05, 0) is 31.0 Å². The molecule has 1 aromatic carbocycles. The third kappa shape index (κ3) is 1.99. The van der Waals surface area contributed by atoms with Crippen LogP contribution in [0.25, 0.3) is 0 Å². The molecule has 1 heterocycles. The molecular weight excluding hydrogens is 242 g/mol. The number of hydrogen-bond acceptors (Lipinski definition) is 4. The largest absolute Gasteiger partial charge is 0.481 e. The van der Waals surface area contributed by atoms with Crippen LogP contribution in [0.1, 0.15) is 18.4 Å². The summed E-state index contributed by atoms with van der Waals surface area (Å²) in [5.74, 6) is -0.881. The molecule has 1 aliphatic heterocycles. The molecule has 0 aromatic heterocycles. The summed E-state index contributed by atoms with van der Waals surface area (Å²) in [6.07, 6.45) is 1.43. The number of anilines is 2. The van der Waals surface area contributed by atoms with Crippen molar-refractivity contribution >= 4 is 17.3 Å². The van der Waals surface area contributed by atoms with Crippen molar-refractivity contribution in [1.82, 2.24) is 0 Å². The van der Waals surface area contributed by atoms with E-state index in [4.69, 9.17) is 10.4 Å². The van der Waals surface area contributed by atoms with Gasteiger partial charge in [-0.2, -0.15) is 5.26 Å². The normalized spacial score (nSPS) is 24.7. The Bertz CT molecular complexity index is 558. The van der Waals surface area contributed by atoms with E-state index in [1.54, 1.807) is 0 Å². The topological polar surface area (TPSA) is 76.4 Å². The van der Waals surface area contributed by atoms with Gasteiger partial charge in [-0.1, -0.05) is 0 Å². The number of carboxylic acids is 1. The fourth-order valence-corrected chi connectivity index (χ4v) is 2.85. The third-order valence-electron chi connectivity index (χ3n) is 4.01. The Hall–Kier alpha value is -2.22. The summed E-state index contributed by atoms with van der Waals surface area (Å²) in [7, 11) is 0. The molecule has 98 valence electrons. The molecule has 3 rings (SSSR count). The average molecular weight is 257 g/mol. The first-order chi connectivity index (χ1) is 9.19. The Balaban J connectivity index is 1.80. The van der Waals surface area contributed by atoms with Gasteiger partial charge in [0, 0.05) is 19.1 Å². The van der Waals surface area contributed by atoms with Crippen molar-refractivity contribution in [2.45, 2.75) is 18.9 Å². The maximum Gasteiger partial charge on any atom is 0.306 e. The Morgan fingerprint density at radius 2 is 2.26 bits per heavy atom. The van der Waals surface area contributed by atoms with Gasteiger partial charge < -0.3 is 15.3 Å². The Labute approximate surface area is 111 Å². The summed E-state index contributed by atoms with van der Waals surface area (Å²) in [5, 5.41) is 21.2. The lowest BCUT2D eigenvalue weighted by Gasteiger charge is -2.45. The van der Waals surface area contributed by atoms with Crippen LogP contribution in [0.3, 0.4) is 0 Å². The quantitative estimate of drug-likeness (QED) is 0.842. The van der Waals surface area contributed by atoms with E-state index in [2.05, 4.69) is 16.3 Å². The first kappa shape index (κ1) is 11.8. The molecular formula is C14H15N3O2. The minimum absolute atomic E-state index is 0.193. The number of nitrogens with one attached hydrogen (secondary N) is 1. The van der Waals surface area contributed by atoms with Crippen LogP contribution in [0.4, 0.5) is 11.4 Å². The molecule has 5 heteroatoms.